The van der Waals surface area contributed by atoms with E-state index in [1.54, 1.807) is 0 Å². The van der Waals surface area contributed by atoms with Gasteiger partial charge in [-0.1, -0.05) is 36.4 Å². The second-order valence-corrected chi connectivity index (χ2v) is 6.68. The number of benzene rings is 2. The second-order valence-electron chi connectivity index (χ2n) is 6.68. The van der Waals surface area contributed by atoms with Crippen LogP contribution in [0.25, 0.3) is 0 Å². The van der Waals surface area contributed by atoms with Gasteiger partial charge in [-0.05, 0) is 35.7 Å². The third-order valence-electron chi connectivity index (χ3n) is 4.93. The number of piperazine rings is 1. The van der Waals surface area contributed by atoms with Crippen LogP contribution in [-0.2, 0) is 17.8 Å². The Morgan fingerprint density at radius 2 is 1.63 bits per heavy atom. The number of hydrogen-bond acceptors (Lipinski definition) is 3. The number of nitrogens with two attached hydrogens (primary N) is 1. The average molecular weight is 388 g/mol. The van der Waals surface area contributed by atoms with E-state index in [1.807, 2.05) is 65.3 Å². The molecule has 1 heterocycles. The Labute approximate surface area is 166 Å². The van der Waals surface area contributed by atoms with Gasteiger partial charge in [0, 0.05) is 38.3 Å². The lowest BCUT2D eigenvalue weighted by Gasteiger charge is -2.35. The first-order valence-electron chi connectivity index (χ1n) is 8.99. The van der Waals surface area contributed by atoms with Crippen molar-refractivity contribution in [3.63, 3.8) is 0 Å². The summed E-state index contributed by atoms with van der Waals surface area (Å²) < 4.78 is 0. The summed E-state index contributed by atoms with van der Waals surface area (Å²) in [7, 11) is 0. The lowest BCUT2D eigenvalue weighted by molar-refractivity contribution is -0.131. The first kappa shape index (κ1) is 20.9. The van der Waals surface area contributed by atoms with Crippen LogP contribution in [0, 0.1) is 6.92 Å². The van der Waals surface area contributed by atoms with E-state index in [-0.39, 0.29) is 24.2 Å². The molecule has 144 valence electrons. The van der Waals surface area contributed by atoms with Crippen LogP contribution < -0.4 is 5.73 Å². The molecule has 2 aromatic rings. The van der Waals surface area contributed by atoms with Crippen LogP contribution in [0.2, 0.25) is 0 Å². The van der Waals surface area contributed by atoms with E-state index in [1.165, 1.54) is 0 Å². The first-order valence-corrected chi connectivity index (χ1v) is 8.99. The fourth-order valence-electron chi connectivity index (χ4n) is 3.26. The summed E-state index contributed by atoms with van der Waals surface area (Å²) in [6.07, 6.45) is 0.416. The van der Waals surface area contributed by atoms with E-state index in [4.69, 9.17) is 5.73 Å². The van der Waals surface area contributed by atoms with Crippen LogP contribution in [0.1, 0.15) is 27.0 Å². The molecular formula is C21H26ClN3O2. The van der Waals surface area contributed by atoms with Crippen LogP contribution in [0.4, 0.5) is 0 Å². The van der Waals surface area contributed by atoms with E-state index in [2.05, 4.69) is 0 Å². The lowest BCUT2D eigenvalue weighted by atomic mass is 10.0. The molecule has 0 saturated carbocycles. The number of carbonyl (C=O) groups is 2. The minimum atomic E-state index is 0. The highest BCUT2D eigenvalue weighted by Gasteiger charge is 2.25. The molecule has 2 amide bonds. The van der Waals surface area contributed by atoms with Crippen molar-refractivity contribution in [2.24, 2.45) is 5.73 Å². The predicted octanol–water partition coefficient (Wildman–Crippen LogP) is 2.40. The van der Waals surface area contributed by atoms with Crippen LogP contribution in [0.15, 0.2) is 48.5 Å². The molecule has 1 aliphatic rings. The van der Waals surface area contributed by atoms with Crippen molar-refractivity contribution in [2.75, 3.05) is 26.2 Å². The maximum Gasteiger partial charge on any atom is 0.253 e. The van der Waals surface area contributed by atoms with Crippen LogP contribution in [0.3, 0.4) is 0 Å². The summed E-state index contributed by atoms with van der Waals surface area (Å²) in [6.45, 7) is 4.72. The molecule has 1 fully saturated rings. The van der Waals surface area contributed by atoms with Gasteiger partial charge in [-0.3, -0.25) is 9.59 Å². The molecule has 3 rings (SSSR count). The molecule has 1 aliphatic heterocycles. The van der Waals surface area contributed by atoms with E-state index in [0.29, 0.717) is 44.7 Å². The zero-order valence-corrected chi connectivity index (χ0v) is 16.4. The van der Waals surface area contributed by atoms with Crippen molar-refractivity contribution in [1.82, 2.24) is 9.80 Å². The van der Waals surface area contributed by atoms with E-state index in [9.17, 15) is 9.59 Å². The van der Waals surface area contributed by atoms with Crippen LogP contribution in [-0.4, -0.2) is 47.8 Å². The number of nitrogens with zero attached hydrogens (tertiary/aromatic N) is 2. The number of amides is 2. The van der Waals surface area contributed by atoms with Gasteiger partial charge in [0.2, 0.25) is 5.91 Å². The van der Waals surface area contributed by atoms with Gasteiger partial charge < -0.3 is 15.5 Å². The Morgan fingerprint density at radius 3 is 2.30 bits per heavy atom. The standard InChI is InChI=1S/C21H25N3O2.ClH/c1-16-5-2-3-7-18(16)14-20(25)23-9-11-24(12-10-23)21(26)19-8-4-6-17(13-19)15-22;/h2-8,13H,9-12,14-15,22H2,1H3;1H. The molecule has 5 nitrogen and oxygen atoms in total. The summed E-state index contributed by atoms with van der Waals surface area (Å²) in [4.78, 5) is 28.9. The minimum absolute atomic E-state index is 0. The summed E-state index contributed by atoms with van der Waals surface area (Å²) in [5, 5.41) is 0. The number of rotatable bonds is 4. The Balaban J connectivity index is 0.00000261. The number of aryl methyl sites for hydroxylation is 1. The van der Waals surface area contributed by atoms with Gasteiger partial charge in [0.05, 0.1) is 6.42 Å². The molecule has 0 bridgehead atoms. The van der Waals surface area contributed by atoms with E-state index >= 15 is 0 Å². The average Bonchev–Trinajstić information content (AvgIpc) is 2.69. The van der Waals surface area contributed by atoms with Crippen molar-refractivity contribution in [3.05, 3.63) is 70.8 Å². The summed E-state index contributed by atoms with van der Waals surface area (Å²) in [5.74, 6) is 0.128. The number of carbonyl (C=O) groups excluding carboxylic acids is 2. The number of hydrogen-bond donors (Lipinski definition) is 1. The molecule has 0 radical (unpaired) electrons. The largest absolute Gasteiger partial charge is 0.339 e. The summed E-state index contributed by atoms with van der Waals surface area (Å²) in [5.41, 5.74) is 9.46. The summed E-state index contributed by atoms with van der Waals surface area (Å²) >= 11 is 0. The normalized spacial score (nSPS) is 13.9. The second kappa shape index (κ2) is 9.53. The third-order valence-corrected chi connectivity index (χ3v) is 4.93. The van der Waals surface area contributed by atoms with Crippen LogP contribution in [0.5, 0.6) is 0 Å². The topological polar surface area (TPSA) is 66.6 Å². The SMILES string of the molecule is Cc1ccccc1CC(=O)N1CCN(C(=O)c2cccc(CN)c2)CC1.Cl. The fourth-order valence-corrected chi connectivity index (χ4v) is 3.26. The van der Waals surface area contributed by atoms with Gasteiger partial charge in [0.1, 0.15) is 0 Å². The maximum atomic E-state index is 12.7. The zero-order chi connectivity index (χ0) is 18.5. The fraction of sp³-hybridized carbons (Fsp3) is 0.333. The minimum Gasteiger partial charge on any atom is -0.339 e. The van der Waals surface area contributed by atoms with Crippen molar-refractivity contribution in [1.29, 1.82) is 0 Å². The maximum absolute atomic E-state index is 12.7. The van der Waals surface area contributed by atoms with Crippen molar-refractivity contribution >= 4 is 24.2 Å². The van der Waals surface area contributed by atoms with Crippen molar-refractivity contribution in [3.8, 4) is 0 Å². The Bertz CT molecular complexity index is 802. The Kier molecular flexibility index (Phi) is 7.39. The smallest absolute Gasteiger partial charge is 0.253 e. The van der Waals surface area contributed by atoms with Crippen molar-refractivity contribution < 1.29 is 9.59 Å². The highest BCUT2D eigenvalue weighted by Crippen LogP contribution is 2.13. The molecule has 0 atom stereocenters. The monoisotopic (exact) mass is 387 g/mol. The van der Waals surface area contributed by atoms with Gasteiger partial charge in [-0.25, -0.2) is 0 Å². The highest BCUT2D eigenvalue weighted by molar-refractivity contribution is 5.94. The quantitative estimate of drug-likeness (QED) is 0.876. The summed E-state index contributed by atoms with van der Waals surface area (Å²) in [6, 6.07) is 15.4. The zero-order valence-electron chi connectivity index (χ0n) is 15.6. The molecule has 0 aromatic heterocycles. The van der Waals surface area contributed by atoms with Gasteiger partial charge in [-0.15, -0.1) is 12.4 Å². The molecular weight excluding hydrogens is 362 g/mol. The number of halogens is 1. The highest BCUT2D eigenvalue weighted by atomic mass is 35.5. The Hall–Kier alpha value is -2.37. The molecule has 1 saturated heterocycles. The predicted molar refractivity (Wildman–Crippen MR) is 109 cm³/mol. The van der Waals surface area contributed by atoms with Gasteiger partial charge in [-0.2, -0.15) is 0 Å². The Morgan fingerprint density at radius 1 is 0.963 bits per heavy atom. The van der Waals surface area contributed by atoms with Gasteiger partial charge in [0.25, 0.3) is 5.91 Å². The molecule has 0 unspecified atom stereocenters. The first-order chi connectivity index (χ1) is 12.6. The molecule has 2 N–H and O–H groups in total. The molecule has 6 heteroatoms. The molecule has 27 heavy (non-hydrogen) atoms. The third kappa shape index (κ3) is 5.08. The lowest BCUT2D eigenvalue weighted by Crippen LogP contribution is -2.51. The van der Waals surface area contributed by atoms with Gasteiger partial charge >= 0.3 is 0 Å². The van der Waals surface area contributed by atoms with Crippen LogP contribution >= 0.6 is 12.4 Å². The van der Waals surface area contributed by atoms with E-state index in [0.717, 1.165) is 16.7 Å². The van der Waals surface area contributed by atoms with Gasteiger partial charge in [0.15, 0.2) is 0 Å². The molecule has 2 aromatic carbocycles. The van der Waals surface area contributed by atoms with Crippen molar-refractivity contribution in [2.45, 2.75) is 19.9 Å². The molecule has 0 aliphatic carbocycles. The van der Waals surface area contributed by atoms with E-state index < -0.39 is 0 Å². The molecule has 0 spiro atoms.